The van der Waals surface area contributed by atoms with Crippen molar-refractivity contribution in [2.75, 3.05) is 0 Å². The Morgan fingerprint density at radius 1 is 0.243 bits per heavy atom. The predicted molar refractivity (Wildman–Crippen MR) is 459 cm³/mol. The standard InChI is InChI=1S/C105H72N6/c106-65-92-103(109-95-53-47-76(68-27-9-1-10-28-68)59-86(95)87-60-77(48-54-96(87)109)69-29-11-2-12-30-69)93(66-107)105(94(67-108)104(92)110-97-55-49-78(70-31-13-3-14-32-70)61-88(97)89-62-79(50-56-98(89)110)71-33-15-4-16-34-71)111-99-57-51-80(101-82(72-35-17-5-18-36-72)43-25-44-83(101)73-37-19-6-20-38-73)63-90(99)91-64-81(52-58-100(91)111)102-84(74-39-21-7-22-40-74)45-26-46-85(102)75-41-23-8-24-42-75/h1-5,7,9-19,21-23,25-43,45,47-64,83,85H,6,8,20,24,44,46H2/t83-,85+. The minimum absolute atomic E-state index is 0.0601. The van der Waals surface area contributed by atoms with Crippen LogP contribution in [0.5, 0.6) is 0 Å². The van der Waals surface area contributed by atoms with Crippen molar-refractivity contribution < 1.29 is 0 Å². The molecule has 0 N–H and O–H groups in total. The molecule has 0 aliphatic heterocycles. The lowest BCUT2D eigenvalue weighted by Crippen LogP contribution is -2.14. The molecular formula is C105H72N6. The first-order valence-corrected chi connectivity index (χ1v) is 38.6. The summed E-state index contributed by atoms with van der Waals surface area (Å²) in [4.78, 5) is 0. The van der Waals surface area contributed by atoms with Crippen molar-refractivity contribution in [1.82, 2.24) is 13.7 Å². The van der Waals surface area contributed by atoms with Crippen LogP contribution in [-0.2, 0) is 0 Å². The van der Waals surface area contributed by atoms with E-state index in [1.807, 2.05) is 24.3 Å². The SMILES string of the molecule is N#Cc1c(-n2c3ccc(C4=C(c5ccccc5)C=CC[C@@H]4C4=CCCC=C4)cc3c3cc(C4=C(c5ccccc5)C=CC[C@H]4C4=CCCC=C4)ccc32)c(C#N)c(-n2c3ccc(-c4ccccc4)cc3c3cc(-c4ccccc4)ccc32)c(C#N)c1-n1c2ccc(-c3ccccc3)cc2c2cc(-c3ccccc3)ccc21. The summed E-state index contributed by atoms with van der Waals surface area (Å²) in [5, 5.41) is 44.6. The highest BCUT2D eigenvalue weighted by molar-refractivity contribution is 6.17. The number of nitriles is 3. The summed E-state index contributed by atoms with van der Waals surface area (Å²) in [6.45, 7) is 0. The van der Waals surface area contributed by atoms with E-state index >= 15 is 0 Å². The van der Waals surface area contributed by atoms with Crippen molar-refractivity contribution in [2.24, 2.45) is 11.8 Å². The number of hydrogen-bond acceptors (Lipinski definition) is 3. The third-order valence-electron chi connectivity index (χ3n) is 23.4. The molecule has 0 bridgehead atoms. The van der Waals surface area contributed by atoms with Gasteiger partial charge in [-0.1, -0.05) is 279 Å². The highest BCUT2D eigenvalue weighted by atomic mass is 15.1. The molecule has 111 heavy (non-hydrogen) atoms. The van der Waals surface area contributed by atoms with Crippen molar-refractivity contribution in [3.05, 3.63) is 402 Å². The molecule has 4 aliphatic rings. The van der Waals surface area contributed by atoms with E-state index in [1.54, 1.807) is 0 Å². The third kappa shape index (κ3) is 11.2. The van der Waals surface area contributed by atoms with Crippen LogP contribution < -0.4 is 0 Å². The average Bonchev–Trinajstić information content (AvgIpc) is 1.56. The first-order chi connectivity index (χ1) is 55.0. The molecule has 3 aromatic heterocycles. The highest BCUT2D eigenvalue weighted by Crippen LogP contribution is 2.52. The average molecular weight is 1420 g/mol. The number of aromatic nitrogens is 3. The first kappa shape index (κ1) is 66.1. The summed E-state index contributed by atoms with van der Waals surface area (Å²) in [5.41, 5.74) is 26.7. The van der Waals surface area contributed by atoms with Crippen molar-refractivity contribution in [3.63, 3.8) is 0 Å². The molecule has 2 atom stereocenters. The normalized spacial score (nSPS) is 15.6. The highest BCUT2D eigenvalue weighted by Gasteiger charge is 2.35. The minimum Gasteiger partial charge on any atom is -0.306 e. The van der Waals surface area contributed by atoms with Gasteiger partial charge >= 0.3 is 0 Å². The van der Waals surface area contributed by atoms with Gasteiger partial charge in [-0.05, 0) is 212 Å². The van der Waals surface area contributed by atoms with E-state index in [-0.39, 0.29) is 28.5 Å². The fourth-order valence-corrected chi connectivity index (χ4v) is 18.3. The van der Waals surface area contributed by atoms with Crippen LogP contribution in [0.1, 0.15) is 77.5 Å². The van der Waals surface area contributed by atoms with Crippen molar-refractivity contribution >= 4 is 87.7 Å². The van der Waals surface area contributed by atoms with Gasteiger partial charge < -0.3 is 13.7 Å². The Kier molecular flexibility index (Phi) is 16.5. The van der Waals surface area contributed by atoms with Gasteiger partial charge in [-0.3, -0.25) is 0 Å². The molecule has 522 valence electrons. The number of rotatable bonds is 13. The zero-order chi connectivity index (χ0) is 74.0. The topological polar surface area (TPSA) is 86.2 Å². The van der Waals surface area contributed by atoms with Gasteiger partial charge in [0.15, 0.2) is 0 Å². The molecule has 0 radical (unpaired) electrons. The number of fused-ring (bicyclic) bond motifs is 9. The number of nitrogens with zero attached hydrogens (tertiary/aromatic N) is 6. The molecule has 0 saturated heterocycles. The molecule has 0 amide bonds. The van der Waals surface area contributed by atoms with Gasteiger partial charge in [-0.2, -0.15) is 15.8 Å². The Bertz CT molecular complexity index is 6330. The summed E-state index contributed by atoms with van der Waals surface area (Å²) in [6, 6.07) is 112. The fourth-order valence-electron chi connectivity index (χ4n) is 18.3. The maximum atomic E-state index is 13.0. The maximum Gasteiger partial charge on any atom is 0.104 e. The third-order valence-corrected chi connectivity index (χ3v) is 23.4. The Hall–Kier alpha value is -14.4. The molecule has 0 saturated carbocycles. The van der Waals surface area contributed by atoms with Crippen LogP contribution in [0.3, 0.4) is 0 Å². The largest absolute Gasteiger partial charge is 0.306 e. The van der Waals surface area contributed by atoms with E-state index in [9.17, 15) is 15.8 Å². The van der Waals surface area contributed by atoms with E-state index in [1.165, 1.54) is 33.4 Å². The second-order valence-corrected chi connectivity index (χ2v) is 29.5. The second-order valence-electron chi connectivity index (χ2n) is 29.5. The summed E-state index contributed by atoms with van der Waals surface area (Å²) in [6.07, 6.45) is 29.2. The van der Waals surface area contributed by atoms with Gasteiger partial charge in [-0.15, -0.1) is 0 Å². The van der Waals surface area contributed by atoms with E-state index in [4.69, 9.17) is 0 Å². The van der Waals surface area contributed by atoms with Crippen LogP contribution in [0, 0.1) is 45.8 Å². The molecule has 13 aromatic carbocycles. The first-order valence-electron chi connectivity index (χ1n) is 38.6. The van der Waals surface area contributed by atoms with Crippen molar-refractivity contribution in [2.45, 2.75) is 38.5 Å². The molecule has 20 rings (SSSR count). The predicted octanol–water partition coefficient (Wildman–Crippen LogP) is 26.8. The van der Waals surface area contributed by atoms with Crippen molar-refractivity contribution in [3.8, 4) is 79.8 Å². The van der Waals surface area contributed by atoms with Crippen LogP contribution in [0.25, 0.3) is 149 Å². The molecule has 4 aliphatic carbocycles. The zero-order valence-electron chi connectivity index (χ0n) is 61.1. The van der Waals surface area contributed by atoms with Gasteiger partial charge in [0.25, 0.3) is 0 Å². The van der Waals surface area contributed by atoms with Gasteiger partial charge in [0.05, 0.1) is 50.2 Å². The van der Waals surface area contributed by atoms with Crippen LogP contribution in [0.4, 0.5) is 0 Å². The number of allylic oxidation sites excluding steroid dienone is 16. The lowest BCUT2D eigenvalue weighted by molar-refractivity contribution is 0.793. The Morgan fingerprint density at radius 2 is 0.495 bits per heavy atom. The smallest absolute Gasteiger partial charge is 0.104 e. The second kappa shape index (κ2) is 27.8. The van der Waals surface area contributed by atoms with Gasteiger partial charge in [0.2, 0.25) is 0 Å². The zero-order valence-corrected chi connectivity index (χ0v) is 61.1. The van der Waals surface area contributed by atoms with Crippen LogP contribution >= 0.6 is 0 Å². The fraction of sp³-hybridized carbons (Fsp3) is 0.0762. The summed E-state index contributed by atoms with van der Waals surface area (Å²) < 4.78 is 6.52. The lowest BCUT2D eigenvalue weighted by atomic mass is 9.75. The quantitative estimate of drug-likeness (QED) is 0.115. The Labute approximate surface area is 645 Å². The van der Waals surface area contributed by atoms with Crippen LogP contribution in [-0.4, -0.2) is 13.7 Å². The van der Waals surface area contributed by atoms with E-state index in [0.717, 1.165) is 171 Å². The monoisotopic (exact) mass is 1420 g/mol. The molecule has 0 fully saturated rings. The van der Waals surface area contributed by atoms with Crippen LogP contribution in [0.15, 0.2) is 363 Å². The number of benzene rings is 13. The summed E-state index contributed by atoms with van der Waals surface area (Å²) >= 11 is 0. The Morgan fingerprint density at radius 3 is 0.748 bits per heavy atom. The maximum absolute atomic E-state index is 13.0. The lowest BCUT2D eigenvalue weighted by Gasteiger charge is -2.29. The molecule has 0 unspecified atom stereocenters. The van der Waals surface area contributed by atoms with Gasteiger partial charge in [0, 0.05) is 44.2 Å². The summed E-state index contributed by atoms with van der Waals surface area (Å²) in [7, 11) is 0. The Balaban J connectivity index is 0.952. The van der Waals surface area contributed by atoms with Gasteiger partial charge in [-0.25, -0.2) is 0 Å². The molecule has 0 spiro atoms. The van der Waals surface area contributed by atoms with Gasteiger partial charge in [0.1, 0.15) is 34.9 Å². The minimum atomic E-state index is 0.0601. The van der Waals surface area contributed by atoms with E-state index < -0.39 is 0 Å². The molecule has 16 aromatic rings. The number of hydrogen-bond donors (Lipinski definition) is 0. The van der Waals surface area contributed by atoms with E-state index in [2.05, 4.69) is 360 Å². The van der Waals surface area contributed by atoms with Crippen LogP contribution in [0.2, 0.25) is 0 Å². The molecule has 6 heteroatoms. The molecule has 3 heterocycles. The molecule has 6 nitrogen and oxygen atoms in total. The van der Waals surface area contributed by atoms with Crippen molar-refractivity contribution in [1.29, 1.82) is 15.8 Å². The summed E-state index contributed by atoms with van der Waals surface area (Å²) in [5.74, 6) is 0.120. The molecular weight excluding hydrogens is 1350 g/mol. The van der Waals surface area contributed by atoms with E-state index in [0.29, 0.717) is 17.1 Å².